The van der Waals surface area contributed by atoms with Gasteiger partial charge in [-0.1, -0.05) is 20.3 Å². The Bertz CT molecular complexity index is 293. The lowest BCUT2D eigenvalue weighted by Crippen LogP contribution is -2.12. The summed E-state index contributed by atoms with van der Waals surface area (Å²) < 4.78 is 0. The summed E-state index contributed by atoms with van der Waals surface area (Å²) in [7, 11) is 0. The number of nitrogens with zero attached hydrogens (tertiary/aromatic N) is 1. The number of hydrogen-bond donors (Lipinski definition) is 2. The van der Waals surface area contributed by atoms with Crippen molar-refractivity contribution < 1.29 is 4.79 Å². The van der Waals surface area contributed by atoms with Crippen molar-refractivity contribution in [1.82, 2.24) is 10.2 Å². The molecule has 1 heterocycles. The van der Waals surface area contributed by atoms with Gasteiger partial charge in [0.05, 0.1) is 6.20 Å². The third-order valence-electron chi connectivity index (χ3n) is 2.12. The predicted molar refractivity (Wildman–Crippen MR) is 56.1 cm³/mol. The molecule has 0 atom stereocenters. The fraction of sp³-hybridized carbons (Fsp3) is 0.600. The van der Waals surface area contributed by atoms with Gasteiger partial charge in [0.15, 0.2) is 0 Å². The van der Waals surface area contributed by atoms with Crippen molar-refractivity contribution in [1.29, 1.82) is 0 Å². The molecule has 0 aliphatic carbocycles. The normalized spacial score (nSPS) is 10.1. The summed E-state index contributed by atoms with van der Waals surface area (Å²) in [6, 6.07) is 0. The van der Waals surface area contributed by atoms with Gasteiger partial charge in [-0.15, -0.1) is 0 Å². The highest BCUT2D eigenvalue weighted by atomic mass is 16.1. The Balaban J connectivity index is 2.47. The third kappa shape index (κ3) is 2.87. The van der Waals surface area contributed by atoms with Gasteiger partial charge in [0.25, 0.3) is 0 Å². The molecular formula is C10H17N3O. The molecular weight excluding hydrogens is 178 g/mol. The molecule has 1 aromatic rings. The van der Waals surface area contributed by atoms with Gasteiger partial charge in [0, 0.05) is 12.0 Å². The fourth-order valence-corrected chi connectivity index (χ4v) is 1.23. The first kappa shape index (κ1) is 10.8. The van der Waals surface area contributed by atoms with Crippen molar-refractivity contribution in [2.75, 3.05) is 5.32 Å². The Hall–Kier alpha value is -1.32. The molecule has 0 spiro atoms. The minimum atomic E-state index is 0.0609. The summed E-state index contributed by atoms with van der Waals surface area (Å²) in [5.41, 5.74) is 1.05. The number of aromatic amines is 1. The number of aryl methyl sites for hydroxylation is 1. The molecule has 0 saturated carbocycles. The summed E-state index contributed by atoms with van der Waals surface area (Å²) in [6.45, 7) is 4.10. The molecule has 4 nitrogen and oxygen atoms in total. The molecule has 78 valence electrons. The van der Waals surface area contributed by atoms with Crippen LogP contribution in [0.25, 0.3) is 0 Å². The highest BCUT2D eigenvalue weighted by Gasteiger charge is 2.06. The number of unbranched alkanes of at least 4 members (excludes halogenated alkanes) is 1. The molecule has 0 unspecified atom stereocenters. The maximum atomic E-state index is 11.4. The van der Waals surface area contributed by atoms with Crippen LogP contribution in [0, 0.1) is 0 Å². The van der Waals surface area contributed by atoms with E-state index in [9.17, 15) is 4.79 Å². The summed E-state index contributed by atoms with van der Waals surface area (Å²) in [5, 5.41) is 9.49. The van der Waals surface area contributed by atoms with Gasteiger partial charge in [-0.05, 0) is 12.8 Å². The highest BCUT2D eigenvalue weighted by molar-refractivity contribution is 5.90. The summed E-state index contributed by atoms with van der Waals surface area (Å²) >= 11 is 0. The van der Waals surface area contributed by atoms with Crippen LogP contribution >= 0.6 is 0 Å². The maximum Gasteiger partial charge on any atom is 0.225 e. The van der Waals surface area contributed by atoms with E-state index in [2.05, 4.69) is 22.4 Å². The zero-order chi connectivity index (χ0) is 10.4. The van der Waals surface area contributed by atoms with Crippen LogP contribution in [0.5, 0.6) is 0 Å². The predicted octanol–water partition coefficient (Wildman–Crippen LogP) is 2.10. The van der Waals surface area contributed by atoms with Crippen molar-refractivity contribution >= 4 is 11.7 Å². The van der Waals surface area contributed by atoms with E-state index < -0.39 is 0 Å². The molecule has 0 bridgehead atoms. The average Bonchev–Trinajstić information content (AvgIpc) is 2.62. The van der Waals surface area contributed by atoms with Gasteiger partial charge < -0.3 is 5.32 Å². The lowest BCUT2D eigenvalue weighted by molar-refractivity contribution is -0.116. The van der Waals surface area contributed by atoms with E-state index in [4.69, 9.17) is 0 Å². The Kier molecular flexibility index (Phi) is 4.16. The average molecular weight is 195 g/mol. The van der Waals surface area contributed by atoms with Crippen molar-refractivity contribution in [2.24, 2.45) is 0 Å². The lowest BCUT2D eigenvalue weighted by Gasteiger charge is -2.03. The first-order valence-corrected chi connectivity index (χ1v) is 5.10. The van der Waals surface area contributed by atoms with Crippen LogP contribution in [-0.2, 0) is 11.2 Å². The van der Waals surface area contributed by atoms with Crippen LogP contribution in [0.2, 0.25) is 0 Å². The van der Waals surface area contributed by atoms with Gasteiger partial charge in [0.2, 0.25) is 5.91 Å². The van der Waals surface area contributed by atoms with Crippen molar-refractivity contribution in [2.45, 2.75) is 39.5 Å². The van der Waals surface area contributed by atoms with Crippen molar-refractivity contribution in [3.8, 4) is 0 Å². The number of carbonyl (C=O) groups is 1. The third-order valence-corrected chi connectivity index (χ3v) is 2.12. The van der Waals surface area contributed by atoms with Crippen LogP contribution in [0.1, 0.15) is 38.7 Å². The van der Waals surface area contributed by atoms with Crippen LogP contribution in [-0.4, -0.2) is 16.1 Å². The van der Waals surface area contributed by atoms with Crippen molar-refractivity contribution in [3.05, 3.63) is 11.8 Å². The standard InChI is InChI=1S/C10H17N3O/c1-3-5-6-9(14)12-10-8(4-2)7-11-13-10/h7H,3-6H2,1-2H3,(H2,11,12,13,14). The van der Waals surface area contributed by atoms with Gasteiger partial charge in [0.1, 0.15) is 5.82 Å². The van der Waals surface area contributed by atoms with Gasteiger partial charge in [-0.3, -0.25) is 9.89 Å². The van der Waals surface area contributed by atoms with E-state index in [0.717, 1.165) is 30.6 Å². The molecule has 0 aliphatic heterocycles. The number of rotatable bonds is 5. The van der Waals surface area contributed by atoms with Crippen LogP contribution in [0.15, 0.2) is 6.20 Å². The SMILES string of the molecule is CCCCC(=O)Nc1[nH]ncc1CC. The Morgan fingerprint density at radius 1 is 1.57 bits per heavy atom. The quantitative estimate of drug-likeness (QED) is 0.756. The Morgan fingerprint density at radius 2 is 2.36 bits per heavy atom. The van der Waals surface area contributed by atoms with Gasteiger partial charge >= 0.3 is 0 Å². The minimum absolute atomic E-state index is 0.0609. The molecule has 1 rings (SSSR count). The molecule has 0 saturated heterocycles. The first-order valence-electron chi connectivity index (χ1n) is 5.10. The molecule has 2 N–H and O–H groups in total. The maximum absolute atomic E-state index is 11.4. The minimum Gasteiger partial charge on any atom is -0.311 e. The molecule has 14 heavy (non-hydrogen) atoms. The summed E-state index contributed by atoms with van der Waals surface area (Å²) in [6.07, 6.45) is 5.17. The Morgan fingerprint density at radius 3 is 3.00 bits per heavy atom. The van der Waals surface area contributed by atoms with E-state index >= 15 is 0 Å². The van der Waals surface area contributed by atoms with E-state index in [0.29, 0.717) is 6.42 Å². The number of amides is 1. The fourth-order valence-electron chi connectivity index (χ4n) is 1.23. The zero-order valence-electron chi connectivity index (χ0n) is 8.76. The lowest BCUT2D eigenvalue weighted by atomic mass is 10.2. The summed E-state index contributed by atoms with van der Waals surface area (Å²) in [5.74, 6) is 0.805. The van der Waals surface area contributed by atoms with E-state index in [1.807, 2.05) is 6.92 Å². The highest BCUT2D eigenvalue weighted by Crippen LogP contribution is 2.11. The molecule has 1 aromatic heterocycles. The monoisotopic (exact) mass is 195 g/mol. The zero-order valence-corrected chi connectivity index (χ0v) is 8.76. The number of H-pyrrole nitrogens is 1. The van der Waals surface area contributed by atoms with E-state index in [1.54, 1.807) is 6.20 Å². The number of hydrogen-bond acceptors (Lipinski definition) is 2. The second kappa shape index (κ2) is 5.42. The smallest absolute Gasteiger partial charge is 0.225 e. The number of anilines is 1. The largest absolute Gasteiger partial charge is 0.311 e. The molecule has 0 aromatic carbocycles. The summed E-state index contributed by atoms with van der Waals surface area (Å²) in [4.78, 5) is 11.4. The molecule has 0 aliphatic rings. The second-order valence-electron chi connectivity index (χ2n) is 3.28. The first-order chi connectivity index (χ1) is 6.77. The Labute approximate surface area is 84.1 Å². The van der Waals surface area contributed by atoms with E-state index in [1.165, 1.54) is 0 Å². The molecule has 1 amide bonds. The van der Waals surface area contributed by atoms with Gasteiger partial charge in [-0.2, -0.15) is 5.10 Å². The molecule has 4 heteroatoms. The van der Waals surface area contributed by atoms with E-state index in [-0.39, 0.29) is 5.91 Å². The van der Waals surface area contributed by atoms with Crippen LogP contribution in [0.4, 0.5) is 5.82 Å². The van der Waals surface area contributed by atoms with Crippen LogP contribution < -0.4 is 5.32 Å². The molecule has 0 radical (unpaired) electrons. The van der Waals surface area contributed by atoms with Crippen molar-refractivity contribution in [3.63, 3.8) is 0 Å². The number of carbonyl (C=O) groups excluding carboxylic acids is 1. The van der Waals surface area contributed by atoms with Gasteiger partial charge in [-0.25, -0.2) is 0 Å². The number of aromatic nitrogens is 2. The molecule has 0 fully saturated rings. The van der Waals surface area contributed by atoms with Crippen LogP contribution in [0.3, 0.4) is 0 Å². The second-order valence-corrected chi connectivity index (χ2v) is 3.28. The topological polar surface area (TPSA) is 57.8 Å². The number of nitrogens with one attached hydrogen (secondary N) is 2.